The largest absolute Gasteiger partial charge is 0.467 e. The van der Waals surface area contributed by atoms with E-state index in [9.17, 15) is 14.5 Å². The van der Waals surface area contributed by atoms with Gasteiger partial charge in [-0.25, -0.2) is 9.55 Å². The summed E-state index contributed by atoms with van der Waals surface area (Å²) in [5, 5.41) is 13.5. The first-order valence-electron chi connectivity index (χ1n) is 13.1. The molecule has 4 aromatic rings. The van der Waals surface area contributed by atoms with Gasteiger partial charge in [-0.1, -0.05) is 48.5 Å². The number of fused-ring (bicyclic) bond motifs is 1. The first kappa shape index (κ1) is 29.4. The van der Waals surface area contributed by atoms with Gasteiger partial charge in [0.15, 0.2) is 23.2 Å². The maximum Gasteiger partial charge on any atom is 0.459 e. The van der Waals surface area contributed by atoms with Crippen molar-refractivity contribution in [2.75, 3.05) is 19.5 Å². The summed E-state index contributed by atoms with van der Waals surface area (Å²) in [6, 6.07) is 16.6. The fourth-order valence-corrected chi connectivity index (χ4v) is 5.84. The molecule has 0 amide bonds. The van der Waals surface area contributed by atoms with Gasteiger partial charge in [-0.05, 0) is 24.6 Å². The predicted molar refractivity (Wildman–Crippen MR) is 150 cm³/mol. The van der Waals surface area contributed by atoms with Crippen molar-refractivity contribution < 1.29 is 37.7 Å². The number of rotatable bonds is 12. The Labute approximate surface area is 241 Å². The number of imidazole rings is 1. The lowest BCUT2D eigenvalue weighted by molar-refractivity contribution is -0.146. The lowest BCUT2D eigenvalue weighted by Gasteiger charge is -2.24. The van der Waals surface area contributed by atoms with Crippen molar-refractivity contribution in [1.29, 1.82) is 0 Å². The molecule has 4 N–H and O–H groups in total. The minimum absolute atomic E-state index is 0.0376. The van der Waals surface area contributed by atoms with Crippen molar-refractivity contribution in [3.05, 3.63) is 72.6 Å². The van der Waals surface area contributed by atoms with Crippen LogP contribution in [0.1, 0.15) is 25.1 Å². The number of methoxy groups -OCH3 is 1. The zero-order chi connectivity index (χ0) is 29.7. The molecule has 2 unspecified atom stereocenters. The standard InChI is InChI=1S/C27H31N6O8P/c1-17(26(35)38-14-18-9-5-3-6-10-18)32-42(36,41-19-11-7-4-8-12-19)39-15-20-13-21(34)25(40-20)33-16-29-22-23(28)30-27(37-2)31-24(22)33/h3-12,16-17,20-21,25,34H,13-15H2,1-2H3,(H,32,36)(H2,28,30,31)/t17-,20-,21?,25+,42?/m0/s1. The van der Waals surface area contributed by atoms with Crippen molar-refractivity contribution in [3.8, 4) is 11.8 Å². The van der Waals surface area contributed by atoms with Crippen LogP contribution in [0.3, 0.4) is 0 Å². The lowest BCUT2D eigenvalue weighted by atomic mass is 10.2. The van der Waals surface area contributed by atoms with Crippen LogP contribution in [0.15, 0.2) is 67.0 Å². The molecule has 0 bridgehead atoms. The number of nitrogens with one attached hydrogen (secondary N) is 1. The summed E-state index contributed by atoms with van der Waals surface area (Å²) in [5.74, 6) is -0.264. The maximum atomic E-state index is 13.9. The van der Waals surface area contributed by atoms with Crippen LogP contribution in [0.4, 0.5) is 5.82 Å². The van der Waals surface area contributed by atoms with Crippen LogP contribution in [-0.2, 0) is 30.0 Å². The first-order valence-corrected chi connectivity index (χ1v) is 14.6. The Bertz CT molecular complexity index is 1560. The monoisotopic (exact) mass is 598 g/mol. The summed E-state index contributed by atoms with van der Waals surface area (Å²) in [7, 11) is -2.73. The highest BCUT2D eigenvalue weighted by atomic mass is 31.2. The Balaban J connectivity index is 1.26. The number of benzene rings is 2. The Hall–Kier alpha value is -4.07. The second kappa shape index (κ2) is 12.8. The Morgan fingerprint density at radius 3 is 2.62 bits per heavy atom. The Morgan fingerprint density at radius 2 is 1.90 bits per heavy atom. The number of hydrogen-bond donors (Lipinski definition) is 3. The van der Waals surface area contributed by atoms with Crippen LogP contribution in [0.2, 0.25) is 0 Å². The molecule has 1 saturated heterocycles. The molecular formula is C27H31N6O8P. The van der Waals surface area contributed by atoms with Crippen molar-refractivity contribution in [3.63, 3.8) is 0 Å². The molecule has 14 nitrogen and oxygen atoms in total. The van der Waals surface area contributed by atoms with E-state index < -0.39 is 38.2 Å². The van der Waals surface area contributed by atoms with Crippen molar-refractivity contribution >= 4 is 30.7 Å². The number of nitrogens with zero attached hydrogens (tertiary/aromatic N) is 4. The molecule has 1 aliphatic rings. The average Bonchev–Trinajstić information content (AvgIpc) is 3.58. The number of aromatic nitrogens is 4. The maximum absolute atomic E-state index is 13.9. The highest BCUT2D eigenvalue weighted by Gasteiger charge is 2.39. The summed E-state index contributed by atoms with van der Waals surface area (Å²) >= 11 is 0. The molecular weight excluding hydrogens is 567 g/mol. The number of hydrogen-bond acceptors (Lipinski definition) is 12. The number of aliphatic hydroxyl groups excluding tert-OH is 1. The summed E-state index contributed by atoms with van der Waals surface area (Å²) < 4.78 is 43.3. The van der Waals surface area contributed by atoms with Crippen LogP contribution in [0.5, 0.6) is 11.8 Å². The molecule has 2 aromatic heterocycles. The highest BCUT2D eigenvalue weighted by Crippen LogP contribution is 2.46. The topological polar surface area (TPSA) is 182 Å². The summed E-state index contributed by atoms with van der Waals surface area (Å²) in [5.41, 5.74) is 7.40. The van der Waals surface area contributed by atoms with Gasteiger partial charge in [0, 0.05) is 6.42 Å². The van der Waals surface area contributed by atoms with Crippen LogP contribution in [-0.4, -0.2) is 62.6 Å². The number of carbonyl (C=O) groups excluding carboxylic acids is 1. The summed E-state index contributed by atoms with van der Waals surface area (Å²) in [6.45, 7) is 1.32. The van der Waals surface area contributed by atoms with Gasteiger partial charge >= 0.3 is 19.7 Å². The predicted octanol–water partition coefficient (Wildman–Crippen LogP) is 2.99. The molecule has 15 heteroatoms. The number of carbonyl (C=O) groups is 1. The number of para-hydroxylation sites is 1. The Morgan fingerprint density at radius 1 is 1.19 bits per heavy atom. The molecule has 0 saturated carbocycles. The summed E-state index contributed by atoms with van der Waals surface area (Å²) in [4.78, 5) is 25.2. The van der Waals surface area contributed by atoms with Gasteiger partial charge in [-0.15, -0.1) is 0 Å². The molecule has 0 radical (unpaired) electrons. The smallest absolute Gasteiger partial charge is 0.459 e. The van der Waals surface area contributed by atoms with E-state index >= 15 is 0 Å². The van der Waals surface area contributed by atoms with Crippen LogP contribution >= 0.6 is 7.75 Å². The molecule has 42 heavy (non-hydrogen) atoms. The van der Waals surface area contributed by atoms with Gasteiger partial charge in [0.05, 0.1) is 26.1 Å². The lowest BCUT2D eigenvalue weighted by Crippen LogP contribution is -2.35. The number of esters is 1. The zero-order valence-electron chi connectivity index (χ0n) is 22.9. The summed E-state index contributed by atoms with van der Waals surface area (Å²) in [6.07, 6.45) is -0.995. The first-order chi connectivity index (χ1) is 20.2. The number of ether oxygens (including phenoxy) is 3. The highest BCUT2D eigenvalue weighted by molar-refractivity contribution is 7.52. The normalized spacial score (nSPS) is 20.6. The van der Waals surface area contributed by atoms with Crippen LogP contribution in [0, 0.1) is 0 Å². The van der Waals surface area contributed by atoms with E-state index in [4.69, 9.17) is 29.0 Å². The van der Waals surface area contributed by atoms with E-state index in [2.05, 4.69) is 20.0 Å². The van der Waals surface area contributed by atoms with Crippen molar-refractivity contribution in [1.82, 2.24) is 24.6 Å². The molecule has 1 aliphatic heterocycles. The molecule has 3 heterocycles. The minimum Gasteiger partial charge on any atom is -0.467 e. The van der Waals surface area contributed by atoms with Gasteiger partial charge in [-0.3, -0.25) is 13.9 Å². The number of aliphatic hydroxyl groups is 1. The molecule has 5 atom stereocenters. The van der Waals surface area contributed by atoms with Crippen molar-refractivity contribution in [2.45, 2.75) is 44.4 Å². The molecule has 2 aromatic carbocycles. The van der Waals surface area contributed by atoms with Gasteiger partial charge in [0.2, 0.25) is 0 Å². The van der Waals surface area contributed by atoms with E-state index in [0.717, 1.165) is 5.56 Å². The van der Waals surface area contributed by atoms with E-state index in [-0.39, 0.29) is 37.2 Å². The average molecular weight is 599 g/mol. The fourth-order valence-electron chi connectivity index (χ4n) is 4.32. The van der Waals surface area contributed by atoms with Gasteiger partial charge in [0.25, 0.3) is 0 Å². The van der Waals surface area contributed by atoms with E-state index in [1.165, 1.54) is 24.9 Å². The fraction of sp³-hybridized carbons (Fsp3) is 0.333. The van der Waals surface area contributed by atoms with Crippen LogP contribution < -0.4 is 20.1 Å². The third-order valence-corrected chi connectivity index (χ3v) is 8.02. The van der Waals surface area contributed by atoms with E-state index in [1.54, 1.807) is 30.3 Å². The van der Waals surface area contributed by atoms with E-state index in [1.807, 2.05) is 30.3 Å². The molecule has 5 rings (SSSR count). The van der Waals surface area contributed by atoms with Gasteiger partial charge < -0.3 is 29.6 Å². The third kappa shape index (κ3) is 6.86. The third-order valence-electron chi connectivity index (χ3n) is 6.38. The van der Waals surface area contributed by atoms with Gasteiger partial charge in [0.1, 0.15) is 24.5 Å². The molecule has 222 valence electrons. The zero-order valence-corrected chi connectivity index (χ0v) is 23.8. The minimum atomic E-state index is -4.14. The molecule has 0 spiro atoms. The second-order valence-electron chi connectivity index (χ2n) is 9.51. The quantitative estimate of drug-likeness (QED) is 0.160. The molecule has 1 fully saturated rings. The number of nitrogen functional groups attached to an aromatic ring is 1. The molecule has 0 aliphatic carbocycles. The number of anilines is 1. The van der Waals surface area contributed by atoms with Crippen molar-refractivity contribution in [2.24, 2.45) is 0 Å². The van der Waals surface area contributed by atoms with E-state index in [0.29, 0.717) is 11.2 Å². The van der Waals surface area contributed by atoms with Gasteiger partial charge in [-0.2, -0.15) is 15.1 Å². The Kier molecular flexibility index (Phi) is 9.00. The number of nitrogens with two attached hydrogens (primary N) is 1. The second-order valence-corrected chi connectivity index (χ2v) is 11.2. The van der Waals surface area contributed by atoms with Crippen LogP contribution in [0.25, 0.3) is 11.2 Å². The SMILES string of the molecule is COc1nc(N)c2ncn([C@@H]3O[C@H](COP(=O)(N[C@@H](C)C(=O)OCc4ccccc4)Oc4ccccc4)CC3O)c2n1.